The van der Waals surface area contributed by atoms with E-state index in [1.165, 1.54) is 40.6 Å². The molecule has 1 unspecified atom stereocenters. The van der Waals surface area contributed by atoms with Gasteiger partial charge in [0.05, 0.1) is 6.10 Å². The zero-order chi connectivity index (χ0) is 13.5. The van der Waals surface area contributed by atoms with Crippen LogP contribution in [0.4, 0.5) is 0 Å². The van der Waals surface area contributed by atoms with Gasteiger partial charge >= 0.3 is 0 Å². The topological polar surface area (TPSA) is 28.3 Å². The summed E-state index contributed by atoms with van der Waals surface area (Å²) in [5.41, 5.74) is 5.63. The third-order valence-electron chi connectivity index (χ3n) is 4.78. The van der Waals surface area contributed by atoms with Crippen LogP contribution in [0.1, 0.15) is 29.7 Å². The molecule has 1 saturated heterocycles. The summed E-state index contributed by atoms with van der Waals surface area (Å²) in [6.45, 7) is 6.46. The van der Waals surface area contributed by atoms with Gasteiger partial charge in [-0.3, -0.25) is 4.90 Å². The van der Waals surface area contributed by atoms with E-state index in [0.29, 0.717) is 6.10 Å². The van der Waals surface area contributed by atoms with Crippen molar-refractivity contribution in [2.75, 3.05) is 19.7 Å². The van der Waals surface area contributed by atoms with Crippen LogP contribution in [0, 0.1) is 6.92 Å². The molecule has 2 aromatic rings. The van der Waals surface area contributed by atoms with Crippen LogP contribution in [0.15, 0.2) is 18.2 Å². The van der Waals surface area contributed by atoms with Crippen molar-refractivity contribution in [3.05, 3.63) is 35.0 Å². The molecule has 1 aromatic carbocycles. The fourth-order valence-electron chi connectivity index (χ4n) is 3.67. The maximum Gasteiger partial charge on any atom is 0.0702 e. The van der Waals surface area contributed by atoms with Crippen LogP contribution in [-0.2, 0) is 17.7 Å². The smallest absolute Gasteiger partial charge is 0.0702 e. The van der Waals surface area contributed by atoms with Gasteiger partial charge in [-0.2, -0.15) is 0 Å². The van der Waals surface area contributed by atoms with Gasteiger partial charge in [0.1, 0.15) is 0 Å². The predicted molar refractivity (Wildman–Crippen MR) is 81.0 cm³/mol. The Morgan fingerprint density at radius 3 is 3.20 bits per heavy atom. The molecule has 1 N–H and O–H groups in total. The zero-order valence-corrected chi connectivity index (χ0v) is 12.1. The standard InChI is InChI=1S/C17H22N2O/c1-12-4-2-6-14-15-11-19(10-13-5-3-9-20-13)8-7-16(15)18-17(12)14/h2,4,6,13,18H,3,5,7-11H2,1H3. The van der Waals surface area contributed by atoms with E-state index in [9.17, 15) is 0 Å². The second-order valence-electron chi connectivity index (χ2n) is 6.20. The van der Waals surface area contributed by atoms with Gasteiger partial charge in [-0.05, 0) is 30.9 Å². The molecule has 1 aromatic heterocycles. The molecule has 1 fully saturated rings. The van der Waals surface area contributed by atoms with Crippen molar-refractivity contribution in [1.82, 2.24) is 9.88 Å². The van der Waals surface area contributed by atoms with Crippen LogP contribution >= 0.6 is 0 Å². The number of aromatic amines is 1. The van der Waals surface area contributed by atoms with Gasteiger partial charge in [-0.1, -0.05) is 18.2 Å². The van der Waals surface area contributed by atoms with Gasteiger partial charge in [0.25, 0.3) is 0 Å². The van der Waals surface area contributed by atoms with Crippen molar-refractivity contribution in [3.63, 3.8) is 0 Å². The maximum atomic E-state index is 5.78. The highest BCUT2D eigenvalue weighted by atomic mass is 16.5. The predicted octanol–water partition coefficient (Wildman–Crippen LogP) is 3.01. The lowest BCUT2D eigenvalue weighted by molar-refractivity contribution is 0.0688. The fraction of sp³-hybridized carbons (Fsp3) is 0.529. The lowest BCUT2D eigenvalue weighted by Gasteiger charge is -2.29. The SMILES string of the molecule is Cc1cccc2c3c([nH]c12)CCN(CC1CCCO1)C3. The molecule has 3 nitrogen and oxygen atoms in total. The third kappa shape index (κ3) is 2.05. The summed E-state index contributed by atoms with van der Waals surface area (Å²) in [5, 5.41) is 1.41. The first-order chi connectivity index (χ1) is 9.81. The molecule has 3 heteroatoms. The second kappa shape index (κ2) is 4.90. The molecular weight excluding hydrogens is 248 g/mol. The molecule has 0 radical (unpaired) electrons. The second-order valence-corrected chi connectivity index (χ2v) is 6.20. The maximum absolute atomic E-state index is 5.78. The van der Waals surface area contributed by atoms with Gasteiger partial charge in [0, 0.05) is 49.3 Å². The molecule has 20 heavy (non-hydrogen) atoms. The van der Waals surface area contributed by atoms with Crippen molar-refractivity contribution >= 4 is 10.9 Å². The molecule has 2 aliphatic heterocycles. The Bertz CT molecular complexity index is 625. The quantitative estimate of drug-likeness (QED) is 0.908. The normalized spacial score (nSPS) is 23.4. The van der Waals surface area contributed by atoms with Crippen molar-refractivity contribution in [2.24, 2.45) is 0 Å². The number of aromatic nitrogens is 1. The van der Waals surface area contributed by atoms with E-state index in [2.05, 4.69) is 35.0 Å². The number of nitrogens with zero attached hydrogens (tertiary/aromatic N) is 1. The Hall–Kier alpha value is -1.32. The summed E-state index contributed by atoms with van der Waals surface area (Å²) in [4.78, 5) is 6.20. The first-order valence-corrected chi connectivity index (χ1v) is 7.74. The third-order valence-corrected chi connectivity index (χ3v) is 4.78. The molecule has 0 spiro atoms. The van der Waals surface area contributed by atoms with Crippen LogP contribution in [0.3, 0.4) is 0 Å². The Kier molecular flexibility index (Phi) is 3.04. The number of rotatable bonds is 2. The van der Waals surface area contributed by atoms with Gasteiger partial charge in [-0.15, -0.1) is 0 Å². The number of fused-ring (bicyclic) bond motifs is 3. The fourth-order valence-corrected chi connectivity index (χ4v) is 3.67. The van der Waals surface area contributed by atoms with E-state index in [1.807, 2.05) is 0 Å². The zero-order valence-electron chi connectivity index (χ0n) is 12.1. The summed E-state index contributed by atoms with van der Waals surface area (Å²) in [7, 11) is 0. The number of nitrogens with one attached hydrogen (secondary N) is 1. The van der Waals surface area contributed by atoms with E-state index in [0.717, 1.165) is 32.7 Å². The minimum Gasteiger partial charge on any atom is -0.377 e. The highest BCUT2D eigenvalue weighted by Gasteiger charge is 2.24. The number of para-hydroxylation sites is 1. The van der Waals surface area contributed by atoms with Crippen LogP contribution in [0.2, 0.25) is 0 Å². The summed E-state index contributed by atoms with van der Waals surface area (Å²) >= 11 is 0. The van der Waals surface area contributed by atoms with Gasteiger partial charge in [0.2, 0.25) is 0 Å². The molecule has 0 bridgehead atoms. The molecule has 4 rings (SSSR count). The monoisotopic (exact) mass is 270 g/mol. The van der Waals surface area contributed by atoms with E-state index < -0.39 is 0 Å². The average Bonchev–Trinajstić information content (AvgIpc) is 3.07. The molecule has 0 amide bonds. The molecule has 0 saturated carbocycles. The number of benzene rings is 1. The van der Waals surface area contributed by atoms with Crippen molar-refractivity contribution < 1.29 is 4.74 Å². The van der Waals surface area contributed by atoms with Crippen molar-refractivity contribution in [3.8, 4) is 0 Å². The number of hydrogen-bond donors (Lipinski definition) is 1. The first-order valence-electron chi connectivity index (χ1n) is 7.74. The van der Waals surface area contributed by atoms with Gasteiger partial charge < -0.3 is 9.72 Å². The minimum absolute atomic E-state index is 0.462. The van der Waals surface area contributed by atoms with Crippen LogP contribution in [0.25, 0.3) is 10.9 Å². The Balaban J connectivity index is 1.61. The molecule has 1 atom stereocenters. The molecular formula is C17H22N2O. The number of ether oxygens (including phenoxy) is 1. The van der Waals surface area contributed by atoms with E-state index in [1.54, 1.807) is 0 Å². The highest BCUT2D eigenvalue weighted by molar-refractivity contribution is 5.87. The average molecular weight is 270 g/mol. The Labute approximate surface area is 119 Å². The molecule has 0 aliphatic carbocycles. The van der Waals surface area contributed by atoms with Crippen LogP contribution in [0.5, 0.6) is 0 Å². The van der Waals surface area contributed by atoms with Crippen LogP contribution in [-0.4, -0.2) is 35.7 Å². The van der Waals surface area contributed by atoms with E-state index >= 15 is 0 Å². The van der Waals surface area contributed by atoms with Crippen molar-refractivity contribution in [2.45, 2.75) is 38.8 Å². The number of aryl methyl sites for hydroxylation is 1. The van der Waals surface area contributed by atoms with E-state index in [4.69, 9.17) is 4.74 Å². The lowest BCUT2D eigenvalue weighted by atomic mass is 10.0. The van der Waals surface area contributed by atoms with Gasteiger partial charge in [-0.25, -0.2) is 0 Å². The Morgan fingerprint density at radius 1 is 1.40 bits per heavy atom. The number of hydrogen-bond acceptors (Lipinski definition) is 2. The van der Waals surface area contributed by atoms with E-state index in [-0.39, 0.29) is 0 Å². The molecule has 106 valence electrons. The first kappa shape index (κ1) is 12.4. The minimum atomic E-state index is 0.462. The molecule has 3 heterocycles. The summed E-state index contributed by atoms with van der Waals surface area (Å²) in [6.07, 6.45) is 4.06. The largest absolute Gasteiger partial charge is 0.377 e. The lowest BCUT2D eigenvalue weighted by Crippen LogP contribution is -2.36. The molecule has 2 aliphatic rings. The highest BCUT2D eigenvalue weighted by Crippen LogP contribution is 2.29. The van der Waals surface area contributed by atoms with Crippen molar-refractivity contribution in [1.29, 1.82) is 0 Å². The summed E-state index contributed by atoms with van der Waals surface area (Å²) in [5.74, 6) is 0. The summed E-state index contributed by atoms with van der Waals surface area (Å²) < 4.78 is 5.78. The van der Waals surface area contributed by atoms with Gasteiger partial charge in [0.15, 0.2) is 0 Å². The number of H-pyrrole nitrogens is 1. The summed E-state index contributed by atoms with van der Waals surface area (Å²) in [6, 6.07) is 6.62. The Morgan fingerprint density at radius 2 is 2.35 bits per heavy atom. The van der Waals surface area contributed by atoms with Crippen LogP contribution < -0.4 is 0 Å².